The Morgan fingerprint density at radius 2 is 1.57 bits per heavy atom. The molecule has 0 heterocycles. The van der Waals surface area contributed by atoms with Crippen molar-refractivity contribution in [3.63, 3.8) is 0 Å². The van der Waals surface area contributed by atoms with Crippen molar-refractivity contribution < 1.29 is 0 Å². The van der Waals surface area contributed by atoms with E-state index in [1.165, 1.54) is 77.6 Å². The standard InChI is InChI=1S/C36H33Br/c1-20-15-30(21-7-12-27-28-14-10-25(37)19-32(28)36(5,6)31(27)18-21)29-13-9-23-17-24(35(2,3)4)16-22-8-11-26(20)34(29)33(22)23/h7-10,12-15,17-19H,11,16H2,1-6H3. The van der Waals surface area contributed by atoms with Crippen molar-refractivity contribution in [2.24, 2.45) is 5.41 Å². The van der Waals surface area contributed by atoms with E-state index in [0.717, 1.165) is 17.3 Å². The Morgan fingerprint density at radius 1 is 0.838 bits per heavy atom. The van der Waals surface area contributed by atoms with Crippen LogP contribution in [0.5, 0.6) is 0 Å². The number of aryl methyl sites for hydroxylation is 1. The van der Waals surface area contributed by atoms with Gasteiger partial charge in [-0.05, 0) is 115 Å². The number of allylic oxidation sites excluding steroid dienone is 3. The second-order valence-corrected chi connectivity index (χ2v) is 13.7. The summed E-state index contributed by atoms with van der Waals surface area (Å²) >= 11 is 3.70. The molecule has 3 aliphatic carbocycles. The van der Waals surface area contributed by atoms with Crippen molar-refractivity contribution in [3.05, 3.63) is 104 Å². The quantitative estimate of drug-likeness (QED) is 0.223. The van der Waals surface area contributed by atoms with Gasteiger partial charge in [-0.2, -0.15) is 0 Å². The Hall–Kier alpha value is -2.90. The van der Waals surface area contributed by atoms with Gasteiger partial charge in [0.05, 0.1) is 0 Å². The van der Waals surface area contributed by atoms with Crippen LogP contribution in [0.3, 0.4) is 0 Å². The van der Waals surface area contributed by atoms with E-state index in [9.17, 15) is 0 Å². The van der Waals surface area contributed by atoms with Crippen LogP contribution in [0, 0.1) is 12.3 Å². The van der Waals surface area contributed by atoms with Crippen LogP contribution in [0.2, 0.25) is 0 Å². The Labute approximate surface area is 229 Å². The van der Waals surface area contributed by atoms with E-state index in [4.69, 9.17) is 0 Å². The lowest BCUT2D eigenvalue weighted by atomic mass is 9.72. The molecule has 0 nitrogen and oxygen atoms in total. The minimum Gasteiger partial charge on any atom is -0.0759 e. The van der Waals surface area contributed by atoms with Gasteiger partial charge in [-0.3, -0.25) is 0 Å². The molecular formula is C36H33Br. The van der Waals surface area contributed by atoms with Crippen LogP contribution in [0.4, 0.5) is 0 Å². The van der Waals surface area contributed by atoms with Crippen molar-refractivity contribution >= 4 is 38.4 Å². The molecule has 4 aromatic carbocycles. The molecule has 0 spiro atoms. The largest absolute Gasteiger partial charge is 0.0759 e. The molecule has 0 saturated heterocycles. The van der Waals surface area contributed by atoms with Gasteiger partial charge in [0.25, 0.3) is 0 Å². The van der Waals surface area contributed by atoms with Gasteiger partial charge in [-0.25, -0.2) is 0 Å². The lowest BCUT2D eigenvalue weighted by molar-refractivity contribution is 0.498. The predicted octanol–water partition coefficient (Wildman–Crippen LogP) is 10.7. The van der Waals surface area contributed by atoms with Crippen molar-refractivity contribution in [3.8, 4) is 22.3 Å². The molecule has 37 heavy (non-hydrogen) atoms. The van der Waals surface area contributed by atoms with Crippen molar-refractivity contribution in [1.29, 1.82) is 0 Å². The monoisotopic (exact) mass is 544 g/mol. The Kier molecular flexibility index (Phi) is 4.76. The maximum absolute atomic E-state index is 3.70. The zero-order chi connectivity index (χ0) is 25.9. The molecule has 0 radical (unpaired) electrons. The first-order chi connectivity index (χ1) is 17.5. The molecule has 4 aromatic rings. The topological polar surface area (TPSA) is 0 Å². The number of hydrogen-bond donors (Lipinski definition) is 0. The SMILES string of the molecule is Cc1cc(-c2ccc3c(c2)C(C)(C)c2cc(Br)ccc2-3)c2ccc3c4c2c1CC=C4CC(C(C)(C)C)=C3. The smallest absolute Gasteiger partial charge is 0.0178 e. The van der Waals surface area contributed by atoms with Crippen LogP contribution in [-0.2, 0) is 11.8 Å². The summed E-state index contributed by atoms with van der Waals surface area (Å²) in [6.45, 7) is 14.1. The highest BCUT2D eigenvalue weighted by molar-refractivity contribution is 9.10. The predicted molar refractivity (Wildman–Crippen MR) is 163 cm³/mol. The average Bonchev–Trinajstić information content (AvgIpc) is 3.08. The number of fused-ring (bicyclic) bond motifs is 3. The first kappa shape index (κ1) is 23.2. The van der Waals surface area contributed by atoms with E-state index in [1.807, 2.05) is 0 Å². The Balaban J connectivity index is 1.46. The van der Waals surface area contributed by atoms with E-state index in [-0.39, 0.29) is 10.8 Å². The minimum absolute atomic E-state index is 0.0239. The van der Waals surface area contributed by atoms with Crippen LogP contribution in [0.1, 0.15) is 74.4 Å². The summed E-state index contributed by atoms with van der Waals surface area (Å²) in [4.78, 5) is 0. The molecular weight excluding hydrogens is 512 g/mol. The number of halogens is 1. The average molecular weight is 546 g/mol. The fourth-order valence-corrected chi connectivity index (χ4v) is 7.36. The van der Waals surface area contributed by atoms with E-state index in [0.29, 0.717) is 0 Å². The first-order valence-corrected chi connectivity index (χ1v) is 14.3. The fourth-order valence-electron chi connectivity index (χ4n) is 6.99. The van der Waals surface area contributed by atoms with Gasteiger partial charge in [-0.15, -0.1) is 0 Å². The van der Waals surface area contributed by atoms with Gasteiger partial charge in [0.1, 0.15) is 0 Å². The molecule has 0 saturated carbocycles. The Bertz CT molecular complexity index is 1730. The van der Waals surface area contributed by atoms with Crippen molar-refractivity contribution in [1.82, 2.24) is 0 Å². The van der Waals surface area contributed by atoms with Gasteiger partial charge >= 0.3 is 0 Å². The lowest BCUT2D eigenvalue weighted by Crippen LogP contribution is -2.15. The minimum atomic E-state index is -0.0239. The summed E-state index contributed by atoms with van der Waals surface area (Å²) in [6, 6.07) is 21.1. The van der Waals surface area contributed by atoms with Gasteiger partial charge in [0.2, 0.25) is 0 Å². The highest BCUT2D eigenvalue weighted by Crippen LogP contribution is 2.52. The molecule has 0 unspecified atom stereocenters. The summed E-state index contributed by atoms with van der Waals surface area (Å²) in [6.07, 6.45) is 7.07. The van der Waals surface area contributed by atoms with E-state index >= 15 is 0 Å². The zero-order valence-electron chi connectivity index (χ0n) is 22.6. The molecule has 184 valence electrons. The van der Waals surface area contributed by atoms with E-state index in [1.54, 1.807) is 0 Å². The molecule has 0 fully saturated rings. The number of benzene rings is 4. The van der Waals surface area contributed by atoms with Gasteiger partial charge < -0.3 is 0 Å². The van der Waals surface area contributed by atoms with E-state index < -0.39 is 0 Å². The summed E-state index contributed by atoms with van der Waals surface area (Å²) in [7, 11) is 0. The molecule has 0 atom stereocenters. The van der Waals surface area contributed by atoms with Crippen LogP contribution >= 0.6 is 15.9 Å². The van der Waals surface area contributed by atoms with E-state index in [2.05, 4.69) is 124 Å². The van der Waals surface area contributed by atoms with Crippen LogP contribution < -0.4 is 0 Å². The lowest BCUT2D eigenvalue weighted by Gasteiger charge is -2.32. The maximum Gasteiger partial charge on any atom is 0.0178 e. The number of rotatable bonds is 1. The molecule has 7 rings (SSSR count). The molecule has 0 N–H and O–H groups in total. The molecule has 0 amide bonds. The van der Waals surface area contributed by atoms with Crippen molar-refractivity contribution in [2.75, 3.05) is 0 Å². The molecule has 0 bridgehead atoms. The normalized spacial score (nSPS) is 16.8. The highest BCUT2D eigenvalue weighted by Gasteiger charge is 2.36. The summed E-state index contributed by atoms with van der Waals surface area (Å²) in [5, 5.41) is 2.88. The summed E-state index contributed by atoms with van der Waals surface area (Å²) < 4.78 is 1.15. The van der Waals surface area contributed by atoms with Crippen LogP contribution in [0.15, 0.2) is 70.7 Å². The highest BCUT2D eigenvalue weighted by atomic mass is 79.9. The molecule has 3 aliphatic rings. The maximum atomic E-state index is 3.70. The summed E-state index contributed by atoms with van der Waals surface area (Å²) in [5.74, 6) is 0. The molecule has 0 aliphatic heterocycles. The molecule has 0 aromatic heterocycles. The van der Waals surface area contributed by atoms with Crippen molar-refractivity contribution in [2.45, 2.75) is 59.8 Å². The second kappa shape index (κ2) is 7.58. The second-order valence-electron chi connectivity index (χ2n) is 12.8. The third-order valence-electron chi connectivity index (χ3n) is 9.16. The fraction of sp³-hybridized carbons (Fsp3) is 0.278. The number of hydrogen-bond acceptors (Lipinski definition) is 0. The summed E-state index contributed by atoms with van der Waals surface area (Å²) in [5.41, 5.74) is 17.3. The first-order valence-electron chi connectivity index (χ1n) is 13.5. The van der Waals surface area contributed by atoms with Crippen LogP contribution in [0.25, 0.3) is 44.7 Å². The van der Waals surface area contributed by atoms with Gasteiger partial charge in [0.15, 0.2) is 0 Å². The van der Waals surface area contributed by atoms with Crippen LogP contribution in [-0.4, -0.2) is 0 Å². The van der Waals surface area contributed by atoms with Gasteiger partial charge in [-0.1, -0.05) is 105 Å². The van der Waals surface area contributed by atoms with Gasteiger partial charge in [0, 0.05) is 9.89 Å². The zero-order valence-corrected chi connectivity index (χ0v) is 24.2. The molecule has 1 heteroatoms. The third kappa shape index (κ3) is 3.26. The Morgan fingerprint density at radius 3 is 2.32 bits per heavy atom. The third-order valence-corrected chi connectivity index (χ3v) is 9.66.